The lowest BCUT2D eigenvalue weighted by atomic mass is 9.80. The summed E-state index contributed by atoms with van der Waals surface area (Å²) in [6.07, 6.45) is 3.86. The van der Waals surface area contributed by atoms with E-state index in [0.29, 0.717) is 28.5 Å². The number of ether oxygens (including phenoxy) is 1. The van der Waals surface area contributed by atoms with Gasteiger partial charge in [0.2, 0.25) is 5.60 Å². The maximum absolute atomic E-state index is 14.0. The number of amides is 1. The van der Waals surface area contributed by atoms with Gasteiger partial charge in [0, 0.05) is 19.8 Å². The summed E-state index contributed by atoms with van der Waals surface area (Å²) in [5, 5.41) is 15.1. The summed E-state index contributed by atoms with van der Waals surface area (Å²) in [5.74, 6) is -0.708. The second kappa shape index (κ2) is 10.7. The van der Waals surface area contributed by atoms with Crippen molar-refractivity contribution >= 4 is 39.1 Å². The van der Waals surface area contributed by atoms with Gasteiger partial charge in [0.05, 0.1) is 47.5 Å². The molecule has 5 rings (SSSR count). The largest absolute Gasteiger partial charge is 0.466 e. The number of carbonyl (C=O) groups excluding carboxylic acids is 2. The van der Waals surface area contributed by atoms with Crippen molar-refractivity contribution in [1.29, 1.82) is 0 Å². The highest BCUT2D eigenvalue weighted by atomic mass is 79.9. The molecule has 190 valence electrons. The number of nitrogens with zero attached hydrogens (tertiary/aromatic N) is 1. The van der Waals surface area contributed by atoms with E-state index in [1.54, 1.807) is 25.1 Å². The second-order valence-electron chi connectivity index (χ2n) is 9.94. The number of nitrogens with one attached hydrogen (secondary N) is 1. The molecule has 0 radical (unpaired) electrons. The number of halogens is 2. The molecule has 0 aliphatic carbocycles. The number of hydrogen-bond donors (Lipinski definition) is 2. The van der Waals surface area contributed by atoms with Crippen molar-refractivity contribution in [2.75, 3.05) is 32.8 Å². The molecule has 1 aromatic carbocycles. The van der Waals surface area contributed by atoms with Crippen molar-refractivity contribution in [3.05, 3.63) is 55.9 Å². The third-order valence-corrected chi connectivity index (χ3v) is 9.32. The molecule has 1 unspecified atom stereocenters. The van der Waals surface area contributed by atoms with Crippen LogP contribution in [0.25, 0.3) is 0 Å². The third kappa shape index (κ3) is 5.63. The molecule has 35 heavy (non-hydrogen) atoms. The van der Waals surface area contributed by atoms with E-state index < -0.39 is 11.5 Å². The van der Waals surface area contributed by atoms with Crippen molar-refractivity contribution in [3.8, 4) is 0 Å². The number of carbonyl (C=O) groups is 2. The lowest BCUT2D eigenvalue weighted by Gasteiger charge is -2.53. The van der Waals surface area contributed by atoms with Crippen LogP contribution in [0.1, 0.15) is 48.6 Å². The molecule has 0 saturated carbocycles. The van der Waals surface area contributed by atoms with Crippen LogP contribution in [-0.2, 0) is 19.9 Å². The zero-order chi connectivity index (χ0) is 25.2. The third-order valence-electron chi connectivity index (χ3n) is 7.58. The number of esters is 1. The van der Waals surface area contributed by atoms with Crippen LogP contribution >= 0.6 is 27.3 Å². The number of quaternary nitrogens is 1. The number of thiophene rings is 1. The van der Waals surface area contributed by atoms with Gasteiger partial charge in [-0.1, -0.05) is 6.07 Å². The predicted molar refractivity (Wildman–Crippen MR) is 136 cm³/mol. The van der Waals surface area contributed by atoms with Crippen LogP contribution in [0.2, 0.25) is 0 Å². The average Bonchev–Trinajstić information content (AvgIpc) is 3.27. The van der Waals surface area contributed by atoms with Crippen LogP contribution in [0, 0.1) is 18.7 Å². The fourth-order valence-corrected chi connectivity index (χ4v) is 7.06. The molecule has 0 spiro atoms. The topological polar surface area (TPSA) is 75.6 Å². The Morgan fingerprint density at radius 1 is 1.26 bits per heavy atom. The van der Waals surface area contributed by atoms with E-state index >= 15 is 0 Å². The fourth-order valence-electron chi connectivity index (χ4n) is 5.57. The molecule has 6 nitrogen and oxygen atoms in total. The average molecular weight is 569 g/mol. The van der Waals surface area contributed by atoms with Crippen LogP contribution in [0.3, 0.4) is 0 Å². The molecule has 3 saturated heterocycles. The van der Waals surface area contributed by atoms with Crippen LogP contribution in [-0.4, -0.2) is 60.3 Å². The number of aryl methyl sites for hydroxylation is 1. The standard InChI is InChI=1S/C26H32BrFN2O4S/c1-17-15-20(5-6-21(17)28)26(33,23-7-8-24(27)35-23)25(32)29-22-16-30(12-9-19(22)10-13-30)11-3-4-14-34-18(2)31/h5-8,15,19,22,33H,3-4,9-14,16H2,1-2H3/p+1/t19?,22-,26?,30?/m0/s1. The number of benzene rings is 1. The molecule has 2 aromatic rings. The maximum Gasteiger partial charge on any atom is 0.302 e. The molecule has 2 bridgehead atoms. The number of aliphatic hydroxyl groups is 1. The van der Waals surface area contributed by atoms with E-state index in [-0.39, 0.29) is 17.8 Å². The molecular formula is C26H33BrFN2O4S+. The molecule has 3 aliphatic rings. The van der Waals surface area contributed by atoms with Gasteiger partial charge in [-0.2, -0.15) is 0 Å². The zero-order valence-electron chi connectivity index (χ0n) is 20.2. The summed E-state index contributed by atoms with van der Waals surface area (Å²) in [4.78, 5) is 25.2. The Kier molecular flexibility index (Phi) is 8.00. The first-order valence-corrected chi connectivity index (χ1v) is 13.8. The lowest BCUT2D eigenvalue weighted by molar-refractivity contribution is -0.944. The maximum atomic E-state index is 14.0. The summed E-state index contributed by atoms with van der Waals surface area (Å²) < 4.78 is 20.8. The van der Waals surface area contributed by atoms with E-state index in [1.807, 2.05) is 0 Å². The number of unbranched alkanes of at least 4 members (excludes halogenated alkanes) is 1. The van der Waals surface area contributed by atoms with Gasteiger partial charge < -0.3 is 19.6 Å². The Labute approximate surface area is 218 Å². The molecule has 3 fully saturated rings. The van der Waals surface area contributed by atoms with Crippen LogP contribution in [0.5, 0.6) is 0 Å². The zero-order valence-corrected chi connectivity index (χ0v) is 22.6. The first kappa shape index (κ1) is 26.3. The fraction of sp³-hybridized carbons (Fsp3) is 0.538. The van der Waals surface area contributed by atoms with Crippen molar-refractivity contribution in [2.24, 2.45) is 5.92 Å². The SMILES string of the molecule is CC(=O)OCCCC[N+]12CCC(CC1)[C@@H](NC(=O)C(O)(c1ccc(F)c(C)c1)c1ccc(Br)s1)C2. The minimum absolute atomic E-state index is 0.0325. The monoisotopic (exact) mass is 567 g/mol. The van der Waals surface area contributed by atoms with Gasteiger partial charge in [-0.25, -0.2) is 4.39 Å². The Morgan fingerprint density at radius 2 is 2.00 bits per heavy atom. The van der Waals surface area contributed by atoms with Crippen molar-refractivity contribution in [3.63, 3.8) is 0 Å². The normalized spacial score (nSPS) is 25.2. The number of fused-ring (bicyclic) bond motifs is 3. The smallest absolute Gasteiger partial charge is 0.302 e. The first-order valence-electron chi connectivity index (χ1n) is 12.2. The van der Waals surface area contributed by atoms with Gasteiger partial charge in [0.15, 0.2) is 0 Å². The van der Waals surface area contributed by atoms with E-state index in [9.17, 15) is 19.1 Å². The van der Waals surface area contributed by atoms with E-state index in [0.717, 1.165) is 60.1 Å². The summed E-state index contributed by atoms with van der Waals surface area (Å²) in [7, 11) is 0. The summed E-state index contributed by atoms with van der Waals surface area (Å²) in [5.41, 5.74) is -1.17. The highest BCUT2D eigenvalue weighted by Gasteiger charge is 2.49. The Morgan fingerprint density at radius 3 is 2.63 bits per heavy atom. The lowest BCUT2D eigenvalue weighted by Crippen LogP contribution is -2.68. The van der Waals surface area contributed by atoms with E-state index in [4.69, 9.17) is 4.74 Å². The Hall–Kier alpha value is -1.81. The molecule has 3 aliphatic heterocycles. The molecular weight excluding hydrogens is 535 g/mol. The molecule has 2 atom stereocenters. The van der Waals surface area contributed by atoms with Gasteiger partial charge in [-0.15, -0.1) is 11.3 Å². The van der Waals surface area contributed by atoms with Crippen molar-refractivity contribution in [1.82, 2.24) is 5.32 Å². The molecule has 1 aromatic heterocycles. The second-order valence-corrected chi connectivity index (χ2v) is 12.4. The van der Waals surface area contributed by atoms with Gasteiger partial charge in [0.25, 0.3) is 5.91 Å². The number of rotatable bonds is 9. The number of hydrogen-bond acceptors (Lipinski definition) is 5. The molecule has 9 heteroatoms. The minimum atomic E-state index is -1.91. The number of piperidine rings is 3. The summed E-state index contributed by atoms with van der Waals surface area (Å²) in [6, 6.07) is 7.85. The van der Waals surface area contributed by atoms with Gasteiger partial charge in [-0.05, 0) is 77.0 Å². The first-order chi connectivity index (χ1) is 16.6. The summed E-state index contributed by atoms with van der Waals surface area (Å²) in [6.45, 7) is 7.49. The Balaban J connectivity index is 1.51. The Bertz CT molecular complexity index is 1090. The van der Waals surface area contributed by atoms with Gasteiger partial charge in [-0.3, -0.25) is 9.59 Å². The van der Waals surface area contributed by atoms with Crippen LogP contribution in [0.4, 0.5) is 4.39 Å². The van der Waals surface area contributed by atoms with Crippen LogP contribution in [0.15, 0.2) is 34.1 Å². The quantitative estimate of drug-likeness (QED) is 0.269. The van der Waals surface area contributed by atoms with E-state index in [1.165, 1.54) is 30.4 Å². The van der Waals surface area contributed by atoms with Gasteiger partial charge in [0.1, 0.15) is 5.82 Å². The van der Waals surface area contributed by atoms with Crippen molar-refractivity contribution in [2.45, 2.75) is 51.2 Å². The molecule has 1 amide bonds. The van der Waals surface area contributed by atoms with Crippen LogP contribution < -0.4 is 5.32 Å². The highest BCUT2D eigenvalue weighted by molar-refractivity contribution is 9.11. The summed E-state index contributed by atoms with van der Waals surface area (Å²) >= 11 is 4.73. The predicted octanol–water partition coefficient (Wildman–Crippen LogP) is 4.26. The van der Waals surface area contributed by atoms with Gasteiger partial charge >= 0.3 is 5.97 Å². The van der Waals surface area contributed by atoms with E-state index in [2.05, 4.69) is 21.2 Å². The minimum Gasteiger partial charge on any atom is -0.466 e. The molecule has 4 heterocycles. The van der Waals surface area contributed by atoms with Crippen molar-refractivity contribution < 1.29 is 28.3 Å². The molecule has 2 N–H and O–H groups in total. The highest BCUT2D eigenvalue weighted by Crippen LogP contribution is 2.39.